The molecule has 16 heavy (non-hydrogen) atoms. The van der Waals surface area contributed by atoms with Crippen LogP contribution in [0.25, 0.3) is 0 Å². The van der Waals surface area contributed by atoms with Crippen LogP contribution < -0.4 is 5.32 Å². The summed E-state index contributed by atoms with van der Waals surface area (Å²) in [5.74, 6) is -1.23. The van der Waals surface area contributed by atoms with Gasteiger partial charge in [0.1, 0.15) is 4.88 Å². The lowest BCUT2D eigenvalue weighted by molar-refractivity contribution is -0.116. The molecule has 88 valence electrons. The molecule has 1 amide bonds. The van der Waals surface area contributed by atoms with Crippen LogP contribution in [0.4, 0.5) is 5.69 Å². The summed E-state index contributed by atoms with van der Waals surface area (Å²) < 4.78 is 0. The molecule has 0 aliphatic carbocycles. The highest BCUT2D eigenvalue weighted by molar-refractivity contribution is 7.12. The van der Waals surface area contributed by atoms with Gasteiger partial charge in [-0.1, -0.05) is 0 Å². The molecule has 1 aromatic heterocycles. The monoisotopic (exact) mass is 242 g/mol. The molecule has 0 aromatic carbocycles. The van der Waals surface area contributed by atoms with E-state index in [2.05, 4.69) is 5.32 Å². The first-order valence-corrected chi connectivity index (χ1v) is 5.55. The number of anilines is 1. The van der Waals surface area contributed by atoms with Gasteiger partial charge in [-0.2, -0.15) is 0 Å². The van der Waals surface area contributed by atoms with Crippen LogP contribution in [-0.4, -0.2) is 42.5 Å². The van der Waals surface area contributed by atoms with Gasteiger partial charge in [0.25, 0.3) is 0 Å². The summed E-state index contributed by atoms with van der Waals surface area (Å²) in [4.78, 5) is 24.3. The standard InChI is InChI=1S/C10H14N2O3S/c1-6-5-16-9(10(14)15)8(6)11-7(13)4-12(2)3/h5H,4H2,1-3H3,(H,11,13)(H,14,15). The molecule has 1 aromatic rings. The minimum absolute atomic E-state index is 0.171. The number of carbonyl (C=O) groups excluding carboxylic acids is 1. The zero-order valence-electron chi connectivity index (χ0n) is 9.40. The maximum Gasteiger partial charge on any atom is 0.348 e. The lowest BCUT2D eigenvalue weighted by Crippen LogP contribution is -2.27. The molecule has 0 saturated carbocycles. The highest BCUT2D eigenvalue weighted by Gasteiger charge is 2.17. The number of aryl methyl sites for hydroxylation is 1. The molecular formula is C10H14N2O3S. The second kappa shape index (κ2) is 5.09. The first-order valence-electron chi connectivity index (χ1n) is 4.67. The number of carbonyl (C=O) groups is 2. The Kier molecular flexibility index (Phi) is 4.03. The lowest BCUT2D eigenvalue weighted by atomic mass is 10.2. The van der Waals surface area contributed by atoms with Gasteiger partial charge < -0.3 is 15.3 Å². The fourth-order valence-corrected chi connectivity index (χ4v) is 2.07. The summed E-state index contributed by atoms with van der Waals surface area (Å²) in [6.07, 6.45) is 0. The zero-order chi connectivity index (χ0) is 12.3. The number of thiophene rings is 1. The molecule has 6 heteroatoms. The van der Waals surface area contributed by atoms with Crippen molar-refractivity contribution in [3.63, 3.8) is 0 Å². The zero-order valence-corrected chi connectivity index (χ0v) is 10.2. The van der Waals surface area contributed by atoms with Crippen LogP contribution in [0.5, 0.6) is 0 Å². The summed E-state index contributed by atoms with van der Waals surface area (Å²) in [7, 11) is 3.55. The van der Waals surface area contributed by atoms with Crippen LogP contribution >= 0.6 is 11.3 Å². The van der Waals surface area contributed by atoms with Crippen LogP contribution in [0.15, 0.2) is 5.38 Å². The molecular weight excluding hydrogens is 228 g/mol. The Balaban J connectivity index is 2.84. The molecule has 0 saturated heterocycles. The van der Waals surface area contributed by atoms with Crippen molar-refractivity contribution < 1.29 is 14.7 Å². The van der Waals surface area contributed by atoms with E-state index in [0.717, 1.165) is 16.9 Å². The van der Waals surface area contributed by atoms with E-state index in [1.165, 1.54) is 0 Å². The number of likely N-dealkylation sites (N-methyl/N-ethyl adjacent to an activating group) is 1. The van der Waals surface area contributed by atoms with Gasteiger partial charge in [-0.15, -0.1) is 11.3 Å². The third-order valence-electron chi connectivity index (χ3n) is 1.89. The van der Waals surface area contributed by atoms with Crippen molar-refractivity contribution in [1.29, 1.82) is 0 Å². The number of carboxylic acid groups (broad SMARTS) is 1. The number of hydrogen-bond donors (Lipinski definition) is 2. The summed E-state index contributed by atoms with van der Waals surface area (Å²) in [6.45, 7) is 2.00. The van der Waals surface area contributed by atoms with Crippen molar-refractivity contribution in [3.8, 4) is 0 Å². The van der Waals surface area contributed by atoms with Crippen molar-refractivity contribution in [2.24, 2.45) is 0 Å². The van der Waals surface area contributed by atoms with Gasteiger partial charge in [0.05, 0.1) is 12.2 Å². The van der Waals surface area contributed by atoms with Crippen LogP contribution in [0.2, 0.25) is 0 Å². The molecule has 1 heterocycles. The van der Waals surface area contributed by atoms with Crippen molar-refractivity contribution in [2.75, 3.05) is 26.0 Å². The first kappa shape index (κ1) is 12.7. The van der Waals surface area contributed by atoms with Crippen molar-refractivity contribution >= 4 is 28.9 Å². The van der Waals surface area contributed by atoms with E-state index < -0.39 is 5.97 Å². The third kappa shape index (κ3) is 3.04. The molecule has 1 rings (SSSR count). The number of carboxylic acids is 1. The smallest absolute Gasteiger partial charge is 0.348 e. The molecule has 0 radical (unpaired) electrons. The van der Waals surface area contributed by atoms with E-state index in [-0.39, 0.29) is 17.3 Å². The van der Waals surface area contributed by atoms with E-state index in [0.29, 0.717) is 5.69 Å². The molecule has 0 aliphatic rings. The minimum Gasteiger partial charge on any atom is -0.477 e. The van der Waals surface area contributed by atoms with Gasteiger partial charge in [-0.05, 0) is 32.0 Å². The molecule has 0 fully saturated rings. The minimum atomic E-state index is -1.02. The topological polar surface area (TPSA) is 69.6 Å². The van der Waals surface area contributed by atoms with E-state index in [4.69, 9.17) is 5.11 Å². The lowest BCUT2D eigenvalue weighted by Gasteiger charge is -2.10. The van der Waals surface area contributed by atoms with Gasteiger partial charge in [0.15, 0.2) is 0 Å². The quantitative estimate of drug-likeness (QED) is 0.833. The number of hydrogen-bond acceptors (Lipinski definition) is 4. The van der Waals surface area contributed by atoms with Crippen molar-refractivity contribution in [1.82, 2.24) is 4.90 Å². The largest absolute Gasteiger partial charge is 0.477 e. The van der Waals surface area contributed by atoms with Crippen molar-refractivity contribution in [2.45, 2.75) is 6.92 Å². The summed E-state index contributed by atoms with van der Waals surface area (Å²) in [5, 5.41) is 13.3. The van der Waals surface area contributed by atoms with Crippen LogP contribution in [0.1, 0.15) is 15.2 Å². The number of amides is 1. The Morgan fingerprint density at radius 2 is 2.12 bits per heavy atom. The fraction of sp³-hybridized carbons (Fsp3) is 0.400. The number of nitrogens with zero attached hydrogens (tertiary/aromatic N) is 1. The fourth-order valence-electron chi connectivity index (χ4n) is 1.22. The van der Waals surface area contributed by atoms with Crippen LogP contribution in [-0.2, 0) is 4.79 Å². The summed E-state index contributed by atoms with van der Waals surface area (Å²) in [6, 6.07) is 0. The average Bonchev–Trinajstić information content (AvgIpc) is 2.46. The Labute approximate surface area is 97.7 Å². The second-order valence-corrected chi connectivity index (χ2v) is 4.59. The molecule has 0 unspecified atom stereocenters. The Bertz CT molecular complexity index is 412. The molecule has 0 aliphatic heterocycles. The Morgan fingerprint density at radius 1 is 1.50 bits per heavy atom. The number of nitrogens with one attached hydrogen (secondary N) is 1. The first-order chi connectivity index (χ1) is 7.41. The summed E-state index contributed by atoms with van der Waals surface area (Å²) in [5.41, 5.74) is 1.18. The SMILES string of the molecule is Cc1csc(C(=O)O)c1NC(=O)CN(C)C. The van der Waals surface area contributed by atoms with E-state index in [1.54, 1.807) is 31.3 Å². The second-order valence-electron chi connectivity index (χ2n) is 3.71. The summed E-state index contributed by atoms with van der Waals surface area (Å²) >= 11 is 1.12. The maximum atomic E-state index is 11.5. The highest BCUT2D eigenvalue weighted by atomic mass is 32.1. The van der Waals surface area contributed by atoms with Gasteiger partial charge in [-0.3, -0.25) is 4.79 Å². The molecule has 0 spiro atoms. The average molecular weight is 242 g/mol. The molecule has 5 nitrogen and oxygen atoms in total. The highest BCUT2D eigenvalue weighted by Crippen LogP contribution is 2.27. The predicted molar refractivity (Wildman–Crippen MR) is 63.2 cm³/mol. The van der Waals surface area contributed by atoms with E-state index in [1.807, 2.05) is 0 Å². The van der Waals surface area contributed by atoms with Gasteiger partial charge in [-0.25, -0.2) is 4.79 Å². The number of aromatic carboxylic acids is 1. The third-order valence-corrected chi connectivity index (χ3v) is 2.98. The Morgan fingerprint density at radius 3 is 2.62 bits per heavy atom. The van der Waals surface area contributed by atoms with E-state index in [9.17, 15) is 9.59 Å². The Hall–Kier alpha value is -1.40. The molecule has 0 atom stereocenters. The van der Waals surface area contributed by atoms with E-state index >= 15 is 0 Å². The predicted octanol–water partition coefficient (Wildman–Crippen LogP) is 1.25. The molecule has 2 N–H and O–H groups in total. The van der Waals surface area contributed by atoms with Crippen LogP contribution in [0.3, 0.4) is 0 Å². The van der Waals surface area contributed by atoms with Crippen LogP contribution in [0, 0.1) is 6.92 Å². The maximum absolute atomic E-state index is 11.5. The normalized spacial score (nSPS) is 10.5. The van der Waals surface area contributed by atoms with Gasteiger partial charge in [0.2, 0.25) is 5.91 Å². The van der Waals surface area contributed by atoms with Crippen molar-refractivity contribution in [3.05, 3.63) is 15.8 Å². The van der Waals surface area contributed by atoms with Gasteiger partial charge >= 0.3 is 5.97 Å². The number of rotatable bonds is 4. The van der Waals surface area contributed by atoms with Gasteiger partial charge in [0, 0.05) is 0 Å². The molecule has 0 bridgehead atoms.